The lowest BCUT2D eigenvalue weighted by molar-refractivity contribution is 0.0380. The normalized spacial score (nSPS) is 19.5. The van der Waals surface area contributed by atoms with Crippen LogP contribution in [0.5, 0.6) is 0 Å². The summed E-state index contributed by atoms with van der Waals surface area (Å²) in [5.41, 5.74) is -0.524. The number of hydrogen-bond donors (Lipinski definition) is 3. The van der Waals surface area contributed by atoms with Gasteiger partial charge in [0.2, 0.25) is 5.95 Å². The van der Waals surface area contributed by atoms with Crippen LogP contribution in [-0.4, -0.2) is 32.2 Å². The number of halogens is 2. The third kappa shape index (κ3) is 4.73. The second-order valence-corrected chi connectivity index (χ2v) is 8.69. The molecule has 158 valence electrons. The summed E-state index contributed by atoms with van der Waals surface area (Å²) in [7, 11) is 0. The highest BCUT2D eigenvalue weighted by Gasteiger charge is 2.37. The number of benzene rings is 1. The van der Waals surface area contributed by atoms with Crippen LogP contribution in [0.2, 0.25) is 0 Å². The van der Waals surface area contributed by atoms with Gasteiger partial charge in [0.05, 0.1) is 6.10 Å². The molecule has 0 saturated heterocycles. The lowest BCUT2D eigenvalue weighted by Gasteiger charge is -2.26. The lowest BCUT2D eigenvalue weighted by atomic mass is 9.93. The third-order valence-electron chi connectivity index (χ3n) is 5.07. The first-order valence-electron chi connectivity index (χ1n) is 9.87. The Morgan fingerprint density at radius 2 is 1.83 bits per heavy atom. The number of aliphatic hydroxyl groups is 1. The van der Waals surface area contributed by atoms with Crippen molar-refractivity contribution in [3.8, 4) is 0 Å². The monoisotopic (exact) mass is 431 g/mol. The van der Waals surface area contributed by atoms with Gasteiger partial charge in [0, 0.05) is 28.7 Å². The van der Waals surface area contributed by atoms with E-state index in [1.54, 1.807) is 24.4 Å². The van der Waals surface area contributed by atoms with Crippen molar-refractivity contribution >= 4 is 28.2 Å². The minimum atomic E-state index is -3.28. The molecule has 1 aliphatic rings. The fourth-order valence-corrected chi connectivity index (χ4v) is 4.13. The second-order valence-electron chi connectivity index (χ2n) is 7.45. The highest BCUT2D eigenvalue weighted by Crippen LogP contribution is 2.36. The van der Waals surface area contributed by atoms with Gasteiger partial charge in [-0.1, -0.05) is 30.3 Å². The number of nitrogens with one attached hydrogen (secondary N) is 2. The zero-order valence-corrected chi connectivity index (χ0v) is 17.3. The largest absolute Gasteiger partial charge is 0.393 e. The van der Waals surface area contributed by atoms with Crippen molar-refractivity contribution in [2.45, 2.75) is 50.7 Å². The third-order valence-corrected chi connectivity index (χ3v) is 5.90. The van der Waals surface area contributed by atoms with E-state index in [0.717, 1.165) is 17.7 Å². The summed E-state index contributed by atoms with van der Waals surface area (Å²) in [5.74, 6) is -2.89. The van der Waals surface area contributed by atoms with E-state index in [4.69, 9.17) is 0 Å². The Hall–Kier alpha value is -2.65. The molecule has 1 aromatic carbocycles. The smallest absolute Gasteiger partial charge is 0.315 e. The molecular formula is C21H23F2N5OS. The van der Waals surface area contributed by atoms with Gasteiger partial charge in [-0.25, -0.2) is 9.97 Å². The fourth-order valence-electron chi connectivity index (χ4n) is 3.46. The maximum atomic E-state index is 15.2. The first-order valence-corrected chi connectivity index (χ1v) is 10.7. The van der Waals surface area contributed by atoms with Crippen LogP contribution in [0.4, 0.5) is 25.7 Å². The molecule has 30 heavy (non-hydrogen) atoms. The van der Waals surface area contributed by atoms with Gasteiger partial charge in [-0.2, -0.15) is 13.8 Å². The Morgan fingerprint density at radius 3 is 2.50 bits per heavy atom. The Labute approximate surface area is 177 Å². The second kappa shape index (κ2) is 8.61. The number of aryl methyl sites for hydroxylation is 1. The molecule has 2 aromatic heterocycles. The average molecular weight is 432 g/mol. The Morgan fingerprint density at radius 1 is 1.10 bits per heavy atom. The molecule has 0 amide bonds. The van der Waals surface area contributed by atoms with Crippen molar-refractivity contribution in [3.05, 3.63) is 58.7 Å². The summed E-state index contributed by atoms with van der Waals surface area (Å²) in [5, 5.41) is 16.5. The van der Waals surface area contributed by atoms with E-state index in [0.29, 0.717) is 18.0 Å². The lowest BCUT2D eigenvalue weighted by Crippen LogP contribution is -2.29. The van der Waals surface area contributed by atoms with E-state index in [1.165, 1.54) is 29.5 Å². The minimum Gasteiger partial charge on any atom is -0.393 e. The fraction of sp³-hybridized carbons (Fsp3) is 0.381. The van der Waals surface area contributed by atoms with Crippen molar-refractivity contribution in [1.82, 2.24) is 15.0 Å². The average Bonchev–Trinajstić information content (AvgIpc) is 3.15. The van der Waals surface area contributed by atoms with Crippen molar-refractivity contribution in [2.75, 3.05) is 10.6 Å². The summed E-state index contributed by atoms with van der Waals surface area (Å²) in [4.78, 5) is 13.8. The van der Waals surface area contributed by atoms with Crippen molar-refractivity contribution in [2.24, 2.45) is 0 Å². The van der Waals surface area contributed by atoms with E-state index in [-0.39, 0.29) is 29.5 Å². The molecule has 9 heteroatoms. The van der Waals surface area contributed by atoms with E-state index in [9.17, 15) is 5.11 Å². The van der Waals surface area contributed by atoms with E-state index in [2.05, 4.69) is 25.6 Å². The summed E-state index contributed by atoms with van der Waals surface area (Å²) >= 11 is 1.42. The molecule has 1 aliphatic carbocycles. The molecule has 6 nitrogen and oxygen atoms in total. The Balaban J connectivity index is 1.66. The van der Waals surface area contributed by atoms with Crippen LogP contribution in [-0.2, 0) is 5.92 Å². The summed E-state index contributed by atoms with van der Waals surface area (Å²) in [6.45, 7) is 1.92. The number of hydrogen-bond acceptors (Lipinski definition) is 7. The van der Waals surface area contributed by atoms with E-state index in [1.807, 2.05) is 6.92 Å². The van der Waals surface area contributed by atoms with Gasteiger partial charge in [-0.15, -0.1) is 11.3 Å². The van der Waals surface area contributed by atoms with Crippen LogP contribution < -0.4 is 10.6 Å². The minimum absolute atomic E-state index is 0.0314. The number of thiazole rings is 1. The molecule has 2 heterocycles. The maximum absolute atomic E-state index is 15.2. The first-order chi connectivity index (χ1) is 14.4. The number of nitrogens with zero attached hydrogens (tertiary/aromatic N) is 3. The van der Waals surface area contributed by atoms with Gasteiger partial charge in [-0.05, 0) is 32.6 Å². The van der Waals surface area contributed by atoms with Crippen molar-refractivity contribution < 1.29 is 13.9 Å². The number of alkyl halides is 2. The molecule has 1 saturated carbocycles. The molecule has 0 bridgehead atoms. The van der Waals surface area contributed by atoms with Crippen LogP contribution >= 0.6 is 11.3 Å². The predicted molar refractivity (Wildman–Crippen MR) is 113 cm³/mol. The quantitative estimate of drug-likeness (QED) is 0.518. The van der Waals surface area contributed by atoms with Gasteiger partial charge in [0.15, 0.2) is 5.13 Å². The standard InChI is InChI=1S/C21H23F2N5OS/c1-13-12-24-20(30-13)28-18-11-17(21(22,23)14-5-3-2-4-6-14)26-19(27-18)25-15-7-9-16(29)10-8-15/h2-6,11-12,15-16,29H,7-10H2,1H3,(H2,24,25,26,27,28). The molecule has 3 aromatic rings. The molecule has 3 N–H and O–H groups in total. The number of aromatic nitrogens is 3. The van der Waals surface area contributed by atoms with Crippen molar-refractivity contribution in [1.29, 1.82) is 0 Å². The molecule has 0 radical (unpaired) electrons. The van der Waals surface area contributed by atoms with Gasteiger partial charge in [-0.3, -0.25) is 0 Å². The van der Waals surface area contributed by atoms with Gasteiger partial charge in [0.25, 0.3) is 0 Å². The van der Waals surface area contributed by atoms with E-state index >= 15 is 8.78 Å². The van der Waals surface area contributed by atoms with Crippen molar-refractivity contribution in [3.63, 3.8) is 0 Å². The topological polar surface area (TPSA) is 83.0 Å². The van der Waals surface area contributed by atoms with Crippen LogP contribution in [0, 0.1) is 6.92 Å². The summed E-state index contributed by atoms with van der Waals surface area (Å²) in [6, 6.07) is 8.91. The molecule has 0 atom stereocenters. The summed E-state index contributed by atoms with van der Waals surface area (Å²) in [6.07, 6.45) is 4.21. The maximum Gasteiger partial charge on any atom is 0.315 e. The zero-order chi connectivity index (χ0) is 21.1. The molecule has 0 spiro atoms. The number of rotatable bonds is 6. The first kappa shape index (κ1) is 20.6. The van der Waals surface area contributed by atoms with E-state index < -0.39 is 11.6 Å². The Kier molecular flexibility index (Phi) is 5.92. The highest BCUT2D eigenvalue weighted by atomic mass is 32.1. The summed E-state index contributed by atoms with van der Waals surface area (Å²) < 4.78 is 30.5. The zero-order valence-electron chi connectivity index (χ0n) is 16.5. The predicted octanol–water partition coefficient (Wildman–Crippen LogP) is 4.84. The SMILES string of the molecule is Cc1cnc(Nc2cc(C(F)(F)c3ccccc3)nc(NC3CCC(O)CC3)n2)s1. The van der Waals surface area contributed by atoms with Crippen LogP contribution in [0.15, 0.2) is 42.6 Å². The van der Waals surface area contributed by atoms with Gasteiger partial charge >= 0.3 is 5.92 Å². The van der Waals surface area contributed by atoms with Gasteiger partial charge < -0.3 is 15.7 Å². The van der Waals surface area contributed by atoms with Crippen LogP contribution in [0.1, 0.15) is 41.8 Å². The van der Waals surface area contributed by atoms with Crippen LogP contribution in [0.3, 0.4) is 0 Å². The number of aliphatic hydroxyl groups excluding tert-OH is 1. The molecule has 0 aliphatic heterocycles. The highest BCUT2D eigenvalue weighted by molar-refractivity contribution is 7.15. The molecule has 0 unspecified atom stereocenters. The molecule has 4 rings (SSSR count). The molecular weight excluding hydrogens is 408 g/mol. The Bertz CT molecular complexity index is 990. The van der Waals surface area contributed by atoms with Crippen LogP contribution in [0.25, 0.3) is 0 Å². The number of anilines is 3. The van der Waals surface area contributed by atoms with Gasteiger partial charge in [0.1, 0.15) is 11.5 Å². The molecule has 1 fully saturated rings.